The summed E-state index contributed by atoms with van der Waals surface area (Å²) in [6, 6.07) is 13.4. The van der Waals surface area contributed by atoms with E-state index in [2.05, 4.69) is 22.5 Å². The first-order valence-electron chi connectivity index (χ1n) is 10.3. The highest BCUT2D eigenvalue weighted by molar-refractivity contribution is 5.90. The van der Waals surface area contributed by atoms with Gasteiger partial charge in [-0.05, 0) is 74.2 Å². The normalized spacial score (nSPS) is 16.6. The Kier molecular flexibility index (Phi) is 9.62. The van der Waals surface area contributed by atoms with Crippen LogP contribution in [0, 0.1) is 11.8 Å². The average molecular weight is 465 g/mol. The van der Waals surface area contributed by atoms with Gasteiger partial charge in [0.1, 0.15) is 18.0 Å². The molecule has 1 amide bonds. The number of anilines is 1. The van der Waals surface area contributed by atoms with Gasteiger partial charge >= 0.3 is 0 Å². The molecule has 1 aromatic carbocycles. The van der Waals surface area contributed by atoms with Gasteiger partial charge in [-0.25, -0.2) is 4.98 Å². The number of pyridine rings is 1. The number of hydrogen-bond donors (Lipinski definition) is 2. The molecule has 1 aliphatic rings. The van der Waals surface area contributed by atoms with Crippen molar-refractivity contribution in [2.75, 3.05) is 18.4 Å². The van der Waals surface area contributed by atoms with Crippen LogP contribution >= 0.6 is 24.8 Å². The quantitative estimate of drug-likeness (QED) is 0.530. The topological polar surface area (TPSA) is 67.7 Å². The number of rotatable bonds is 7. The van der Waals surface area contributed by atoms with Crippen molar-refractivity contribution in [1.29, 1.82) is 0 Å². The van der Waals surface area contributed by atoms with Crippen molar-refractivity contribution < 1.29 is 9.53 Å². The van der Waals surface area contributed by atoms with Gasteiger partial charge in [0.25, 0.3) is 0 Å². The molecule has 0 aliphatic carbocycles. The van der Waals surface area contributed by atoms with Gasteiger partial charge in [-0.15, -0.1) is 24.8 Å². The van der Waals surface area contributed by atoms with Gasteiger partial charge in [0.15, 0.2) is 0 Å². The van der Waals surface area contributed by atoms with Crippen LogP contribution in [-0.4, -0.2) is 28.4 Å². The number of carbonyl (C=O) groups excluding carboxylic acids is 1. The summed E-state index contributed by atoms with van der Waals surface area (Å²) in [7, 11) is 0. The summed E-state index contributed by atoms with van der Waals surface area (Å²) >= 11 is 0. The van der Waals surface area contributed by atoms with Crippen molar-refractivity contribution in [2.45, 2.75) is 32.8 Å². The van der Waals surface area contributed by atoms with Crippen molar-refractivity contribution in [1.82, 2.24) is 14.7 Å². The first kappa shape index (κ1) is 25.0. The maximum Gasteiger partial charge on any atom is 0.224 e. The van der Waals surface area contributed by atoms with Crippen LogP contribution in [0.25, 0.3) is 5.65 Å². The first-order chi connectivity index (χ1) is 14.2. The van der Waals surface area contributed by atoms with Crippen LogP contribution in [0.5, 0.6) is 5.75 Å². The minimum absolute atomic E-state index is 0. The standard InChI is InChI=1S/C23H28N4O2.2ClH/c1-17(18-5-4-11-24-14-18)13-23(28)26-19-7-9-21(10-8-19)29-16-20-15-27-12-3-2-6-22(27)25-20;;/h2-3,6-10,12,15,17-18,24H,4-5,11,13-14,16H2,1H3,(H,26,28);2*1H. The summed E-state index contributed by atoms with van der Waals surface area (Å²) in [5, 5.41) is 6.42. The molecule has 0 bridgehead atoms. The fourth-order valence-electron chi connectivity index (χ4n) is 3.88. The fourth-order valence-corrected chi connectivity index (χ4v) is 3.88. The molecule has 3 aromatic rings. The van der Waals surface area contributed by atoms with Crippen LogP contribution in [0.2, 0.25) is 0 Å². The van der Waals surface area contributed by atoms with Crippen molar-refractivity contribution in [3.05, 3.63) is 60.6 Å². The molecule has 4 rings (SSSR count). The predicted molar refractivity (Wildman–Crippen MR) is 128 cm³/mol. The number of benzene rings is 1. The Hall–Kier alpha value is -2.28. The number of nitrogens with zero attached hydrogens (tertiary/aromatic N) is 2. The summed E-state index contributed by atoms with van der Waals surface area (Å²) in [6.07, 6.45) is 6.90. The molecule has 2 unspecified atom stereocenters. The van der Waals surface area contributed by atoms with E-state index in [-0.39, 0.29) is 30.7 Å². The minimum Gasteiger partial charge on any atom is -0.487 e. The summed E-state index contributed by atoms with van der Waals surface area (Å²) in [4.78, 5) is 16.9. The second-order valence-corrected chi connectivity index (χ2v) is 7.85. The SMILES string of the molecule is CC(CC(=O)Nc1ccc(OCc2cn3ccccc3n2)cc1)C1CCCNC1.Cl.Cl. The van der Waals surface area contributed by atoms with Gasteiger partial charge < -0.3 is 19.8 Å². The maximum absolute atomic E-state index is 12.4. The van der Waals surface area contributed by atoms with E-state index in [1.54, 1.807) is 0 Å². The van der Waals surface area contributed by atoms with Gasteiger partial charge in [0.2, 0.25) is 5.91 Å². The zero-order valence-electron chi connectivity index (χ0n) is 17.6. The lowest BCUT2D eigenvalue weighted by Crippen LogP contribution is -2.34. The Morgan fingerprint density at radius 3 is 2.77 bits per heavy atom. The van der Waals surface area contributed by atoms with E-state index in [1.165, 1.54) is 12.8 Å². The molecule has 2 atom stereocenters. The monoisotopic (exact) mass is 464 g/mol. The summed E-state index contributed by atoms with van der Waals surface area (Å²) in [5.74, 6) is 1.80. The molecule has 2 aromatic heterocycles. The van der Waals surface area contributed by atoms with E-state index in [9.17, 15) is 4.79 Å². The molecule has 1 fully saturated rings. The third-order valence-corrected chi connectivity index (χ3v) is 5.59. The van der Waals surface area contributed by atoms with Crippen molar-refractivity contribution in [3.8, 4) is 5.75 Å². The number of piperidine rings is 1. The van der Waals surface area contributed by atoms with Gasteiger partial charge in [0.05, 0.1) is 5.69 Å². The van der Waals surface area contributed by atoms with Crippen molar-refractivity contribution >= 4 is 42.1 Å². The number of carbonyl (C=O) groups is 1. The van der Waals surface area contributed by atoms with Crippen molar-refractivity contribution in [3.63, 3.8) is 0 Å². The zero-order chi connectivity index (χ0) is 20.1. The van der Waals surface area contributed by atoms with Crippen LogP contribution in [0.15, 0.2) is 54.9 Å². The molecule has 1 aliphatic heterocycles. The number of nitrogens with one attached hydrogen (secondary N) is 2. The Labute approximate surface area is 195 Å². The third kappa shape index (κ3) is 6.86. The van der Waals surface area contributed by atoms with Gasteiger partial charge in [0, 0.05) is 24.5 Å². The highest BCUT2D eigenvalue weighted by Gasteiger charge is 2.22. The number of aromatic nitrogens is 2. The lowest BCUT2D eigenvalue weighted by atomic mass is 9.85. The molecule has 6 nitrogen and oxygen atoms in total. The summed E-state index contributed by atoms with van der Waals surface area (Å²) in [5.41, 5.74) is 2.58. The lowest BCUT2D eigenvalue weighted by Gasteiger charge is -2.28. The van der Waals surface area contributed by atoms with E-state index < -0.39 is 0 Å². The molecule has 0 spiro atoms. The number of fused-ring (bicyclic) bond motifs is 1. The maximum atomic E-state index is 12.4. The van der Waals surface area contributed by atoms with E-state index in [4.69, 9.17) is 4.74 Å². The van der Waals surface area contributed by atoms with Crippen LogP contribution in [0.1, 0.15) is 31.9 Å². The number of ether oxygens (including phenoxy) is 1. The molecule has 2 N–H and O–H groups in total. The lowest BCUT2D eigenvalue weighted by molar-refractivity contribution is -0.117. The van der Waals surface area contributed by atoms with Crippen molar-refractivity contribution in [2.24, 2.45) is 11.8 Å². The molecule has 168 valence electrons. The van der Waals surface area contributed by atoms with Gasteiger partial charge in [-0.1, -0.05) is 13.0 Å². The molecular weight excluding hydrogens is 435 g/mol. The van der Waals surface area contributed by atoms with Crippen LogP contribution in [-0.2, 0) is 11.4 Å². The number of amides is 1. The summed E-state index contributed by atoms with van der Waals surface area (Å²) < 4.78 is 7.80. The van der Waals surface area contributed by atoms with E-state index in [0.29, 0.717) is 24.9 Å². The molecular formula is C23H30Cl2N4O2. The summed E-state index contributed by atoms with van der Waals surface area (Å²) in [6.45, 7) is 4.70. The first-order valence-corrected chi connectivity index (χ1v) is 10.3. The van der Waals surface area contributed by atoms with Crippen LogP contribution in [0.4, 0.5) is 5.69 Å². The average Bonchev–Trinajstić information content (AvgIpc) is 3.17. The smallest absolute Gasteiger partial charge is 0.224 e. The molecule has 0 saturated carbocycles. The molecule has 1 saturated heterocycles. The molecule has 8 heteroatoms. The highest BCUT2D eigenvalue weighted by Crippen LogP contribution is 2.23. The second kappa shape index (κ2) is 11.9. The number of halogens is 2. The third-order valence-electron chi connectivity index (χ3n) is 5.59. The van der Waals surface area contributed by atoms with E-state index in [0.717, 1.165) is 35.9 Å². The number of imidazole rings is 1. The Morgan fingerprint density at radius 2 is 2.06 bits per heavy atom. The Bertz CT molecular complexity index is 923. The van der Waals surface area contributed by atoms with Gasteiger partial charge in [-0.2, -0.15) is 0 Å². The van der Waals surface area contributed by atoms with Gasteiger partial charge in [-0.3, -0.25) is 4.79 Å². The van der Waals surface area contributed by atoms with Crippen LogP contribution in [0.3, 0.4) is 0 Å². The minimum atomic E-state index is 0. The fraction of sp³-hybridized carbons (Fsp3) is 0.391. The zero-order valence-corrected chi connectivity index (χ0v) is 19.3. The highest BCUT2D eigenvalue weighted by atomic mass is 35.5. The Morgan fingerprint density at radius 1 is 1.26 bits per heavy atom. The predicted octanol–water partition coefficient (Wildman–Crippen LogP) is 4.72. The second-order valence-electron chi connectivity index (χ2n) is 7.85. The molecule has 0 radical (unpaired) electrons. The van der Waals surface area contributed by atoms with E-state index in [1.807, 2.05) is 59.3 Å². The van der Waals surface area contributed by atoms with Crippen LogP contribution < -0.4 is 15.4 Å². The molecule has 3 heterocycles. The Balaban J connectivity index is 0.00000171. The van der Waals surface area contributed by atoms with E-state index >= 15 is 0 Å². The molecule has 31 heavy (non-hydrogen) atoms. The largest absolute Gasteiger partial charge is 0.487 e. The number of hydrogen-bond acceptors (Lipinski definition) is 4.